The number of rotatable bonds is 4. The van der Waals surface area contributed by atoms with Crippen molar-refractivity contribution < 1.29 is 9.66 Å². The largest absolute Gasteiger partial charge is 0.492 e. The first-order valence-corrected chi connectivity index (χ1v) is 8.63. The highest BCUT2D eigenvalue weighted by Gasteiger charge is 2.41. The molecule has 2 aromatic rings. The SMILES string of the molecule is CCOc1cccc2c1NC(c1ccccc1[N+](=O)[O-])C1CC=CC21. The maximum Gasteiger partial charge on any atom is 0.274 e. The summed E-state index contributed by atoms with van der Waals surface area (Å²) in [4.78, 5) is 11.2. The fraction of sp³-hybridized carbons (Fsp3) is 0.300. The Hall–Kier alpha value is -2.82. The smallest absolute Gasteiger partial charge is 0.274 e. The molecule has 2 aromatic carbocycles. The van der Waals surface area contributed by atoms with Gasteiger partial charge in [0, 0.05) is 12.0 Å². The van der Waals surface area contributed by atoms with Crippen molar-refractivity contribution in [3.63, 3.8) is 0 Å². The first-order chi connectivity index (χ1) is 12.2. The van der Waals surface area contributed by atoms with E-state index in [0.29, 0.717) is 6.61 Å². The van der Waals surface area contributed by atoms with Crippen molar-refractivity contribution >= 4 is 11.4 Å². The third kappa shape index (κ3) is 2.56. The third-order valence-electron chi connectivity index (χ3n) is 5.13. The highest BCUT2D eigenvalue weighted by atomic mass is 16.6. The van der Waals surface area contributed by atoms with Crippen LogP contribution in [-0.2, 0) is 0 Å². The van der Waals surface area contributed by atoms with Crippen LogP contribution in [0, 0.1) is 16.0 Å². The van der Waals surface area contributed by atoms with Gasteiger partial charge in [-0.2, -0.15) is 0 Å². The molecule has 1 N–H and O–H groups in total. The van der Waals surface area contributed by atoms with E-state index in [1.165, 1.54) is 5.56 Å². The standard InChI is InChI=1S/C20H20N2O3/c1-2-25-18-12-6-10-15-13-8-5-9-14(13)19(21-20(15)18)16-7-3-4-11-17(16)22(23)24/h3-8,10-14,19,21H,2,9H2,1H3. The number of allylic oxidation sites excluding steroid dienone is 2. The van der Waals surface area contributed by atoms with Gasteiger partial charge in [-0.1, -0.05) is 42.5 Å². The number of hydrogen-bond acceptors (Lipinski definition) is 4. The molecule has 0 aromatic heterocycles. The van der Waals surface area contributed by atoms with Crippen molar-refractivity contribution in [2.75, 3.05) is 11.9 Å². The van der Waals surface area contributed by atoms with Crippen LogP contribution in [0.3, 0.4) is 0 Å². The van der Waals surface area contributed by atoms with Crippen LogP contribution in [0.15, 0.2) is 54.6 Å². The van der Waals surface area contributed by atoms with E-state index in [-0.39, 0.29) is 28.5 Å². The van der Waals surface area contributed by atoms with E-state index in [9.17, 15) is 10.1 Å². The summed E-state index contributed by atoms with van der Waals surface area (Å²) >= 11 is 0. The minimum absolute atomic E-state index is 0.115. The molecule has 5 nitrogen and oxygen atoms in total. The highest BCUT2D eigenvalue weighted by Crippen LogP contribution is 2.53. The van der Waals surface area contributed by atoms with Gasteiger partial charge < -0.3 is 10.1 Å². The van der Waals surface area contributed by atoms with Gasteiger partial charge in [0.25, 0.3) is 5.69 Å². The number of anilines is 1. The quantitative estimate of drug-likeness (QED) is 0.494. The topological polar surface area (TPSA) is 64.4 Å². The van der Waals surface area contributed by atoms with Gasteiger partial charge in [-0.3, -0.25) is 10.1 Å². The summed E-state index contributed by atoms with van der Waals surface area (Å²) in [5.41, 5.74) is 3.07. The van der Waals surface area contributed by atoms with Crippen molar-refractivity contribution in [1.29, 1.82) is 0 Å². The maximum absolute atomic E-state index is 11.5. The van der Waals surface area contributed by atoms with Crippen LogP contribution >= 0.6 is 0 Å². The second kappa shape index (κ2) is 6.24. The van der Waals surface area contributed by atoms with Gasteiger partial charge in [-0.25, -0.2) is 0 Å². The van der Waals surface area contributed by atoms with Gasteiger partial charge in [0.05, 0.1) is 28.8 Å². The molecule has 0 radical (unpaired) electrons. The van der Waals surface area contributed by atoms with E-state index in [1.54, 1.807) is 12.1 Å². The monoisotopic (exact) mass is 336 g/mol. The molecule has 5 heteroatoms. The molecule has 0 fully saturated rings. The second-order valence-corrected chi connectivity index (χ2v) is 6.44. The minimum Gasteiger partial charge on any atom is -0.492 e. The zero-order valence-electron chi connectivity index (χ0n) is 14.0. The van der Waals surface area contributed by atoms with E-state index >= 15 is 0 Å². The fourth-order valence-corrected chi connectivity index (χ4v) is 4.09. The summed E-state index contributed by atoms with van der Waals surface area (Å²) in [5.74, 6) is 1.33. The van der Waals surface area contributed by atoms with Crippen LogP contribution in [0.1, 0.15) is 36.4 Å². The zero-order valence-corrected chi connectivity index (χ0v) is 14.0. The number of nitro groups is 1. The molecule has 3 atom stereocenters. The van der Waals surface area contributed by atoms with Crippen molar-refractivity contribution in [2.45, 2.75) is 25.3 Å². The number of nitro benzene ring substituents is 1. The van der Waals surface area contributed by atoms with Gasteiger partial charge in [-0.05, 0) is 30.9 Å². The van der Waals surface area contributed by atoms with Crippen molar-refractivity contribution in [3.8, 4) is 5.75 Å². The first kappa shape index (κ1) is 15.7. The number of nitrogens with zero attached hydrogens (tertiary/aromatic N) is 1. The van der Waals surface area contributed by atoms with Gasteiger partial charge in [0.15, 0.2) is 0 Å². The van der Waals surface area contributed by atoms with Crippen LogP contribution in [-0.4, -0.2) is 11.5 Å². The van der Waals surface area contributed by atoms with Crippen LogP contribution in [0.25, 0.3) is 0 Å². The number of para-hydroxylation sites is 2. The van der Waals surface area contributed by atoms with Gasteiger partial charge >= 0.3 is 0 Å². The number of ether oxygens (including phenoxy) is 1. The molecular weight excluding hydrogens is 316 g/mol. The molecule has 1 heterocycles. The van der Waals surface area contributed by atoms with E-state index in [2.05, 4.69) is 23.5 Å². The van der Waals surface area contributed by atoms with Crippen molar-refractivity contribution in [3.05, 3.63) is 75.9 Å². The molecule has 0 saturated carbocycles. The molecule has 2 aliphatic rings. The lowest BCUT2D eigenvalue weighted by Crippen LogP contribution is -2.30. The summed E-state index contributed by atoms with van der Waals surface area (Å²) in [7, 11) is 0. The molecule has 0 amide bonds. The second-order valence-electron chi connectivity index (χ2n) is 6.44. The zero-order chi connectivity index (χ0) is 17.4. The van der Waals surface area contributed by atoms with Gasteiger partial charge in [0.1, 0.15) is 5.75 Å². The Morgan fingerprint density at radius 1 is 1.20 bits per heavy atom. The predicted octanol–water partition coefficient (Wildman–Crippen LogP) is 4.82. The summed E-state index contributed by atoms with van der Waals surface area (Å²) < 4.78 is 5.79. The van der Waals surface area contributed by atoms with Crippen molar-refractivity contribution in [2.24, 2.45) is 5.92 Å². The van der Waals surface area contributed by atoms with E-state index in [0.717, 1.165) is 23.4 Å². The molecule has 0 spiro atoms. The summed E-state index contributed by atoms with van der Waals surface area (Å²) in [6.45, 7) is 2.54. The lowest BCUT2D eigenvalue weighted by Gasteiger charge is -2.37. The highest BCUT2D eigenvalue weighted by molar-refractivity contribution is 5.68. The van der Waals surface area contributed by atoms with Gasteiger partial charge in [0.2, 0.25) is 0 Å². The van der Waals surface area contributed by atoms with Crippen LogP contribution < -0.4 is 10.1 Å². The Labute approximate surface area is 146 Å². The number of benzene rings is 2. The molecule has 0 saturated heterocycles. The van der Waals surface area contributed by atoms with E-state index in [4.69, 9.17) is 4.74 Å². The van der Waals surface area contributed by atoms with E-state index in [1.807, 2.05) is 31.2 Å². The Morgan fingerprint density at radius 3 is 2.80 bits per heavy atom. The average Bonchev–Trinajstić information content (AvgIpc) is 3.11. The molecule has 1 aliphatic heterocycles. The molecule has 1 aliphatic carbocycles. The summed E-state index contributed by atoms with van der Waals surface area (Å²) in [5, 5.41) is 15.1. The molecule has 25 heavy (non-hydrogen) atoms. The average molecular weight is 336 g/mol. The van der Waals surface area contributed by atoms with Gasteiger partial charge in [-0.15, -0.1) is 0 Å². The number of fused-ring (bicyclic) bond motifs is 3. The maximum atomic E-state index is 11.5. The Kier molecular flexibility index (Phi) is 3.92. The lowest BCUT2D eigenvalue weighted by atomic mass is 9.76. The van der Waals surface area contributed by atoms with Crippen LogP contribution in [0.4, 0.5) is 11.4 Å². The summed E-state index contributed by atoms with van der Waals surface area (Å²) in [6, 6.07) is 13.0. The predicted molar refractivity (Wildman–Crippen MR) is 97.1 cm³/mol. The van der Waals surface area contributed by atoms with Crippen LogP contribution in [0.5, 0.6) is 5.75 Å². The normalized spacial score (nSPS) is 23.5. The fourth-order valence-electron chi connectivity index (χ4n) is 4.09. The number of nitrogens with one attached hydrogen (secondary N) is 1. The van der Waals surface area contributed by atoms with E-state index < -0.39 is 0 Å². The first-order valence-electron chi connectivity index (χ1n) is 8.63. The minimum atomic E-state index is -0.293. The number of hydrogen-bond donors (Lipinski definition) is 1. The molecule has 3 unspecified atom stereocenters. The molecule has 128 valence electrons. The Balaban J connectivity index is 1.83. The molecule has 4 rings (SSSR count). The molecule has 0 bridgehead atoms. The lowest BCUT2D eigenvalue weighted by molar-refractivity contribution is -0.385. The molecular formula is C20H20N2O3. The third-order valence-corrected chi connectivity index (χ3v) is 5.13. The Morgan fingerprint density at radius 2 is 2.00 bits per heavy atom. The Bertz CT molecular complexity index is 847. The summed E-state index contributed by atoms with van der Waals surface area (Å²) in [6.07, 6.45) is 5.32. The van der Waals surface area contributed by atoms with Crippen molar-refractivity contribution in [1.82, 2.24) is 0 Å². The van der Waals surface area contributed by atoms with Crippen LogP contribution in [0.2, 0.25) is 0 Å².